The summed E-state index contributed by atoms with van der Waals surface area (Å²) < 4.78 is 47.0. The molecule has 2 aromatic heterocycles. The molecule has 2 aromatic rings. The Morgan fingerprint density at radius 1 is 1.20 bits per heavy atom. The van der Waals surface area contributed by atoms with E-state index in [1.54, 1.807) is 44.5 Å². The molecule has 4 heterocycles. The molecular weight excluding hydrogens is 563 g/mol. The van der Waals surface area contributed by atoms with Crippen molar-refractivity contribution in [2.75, 3.05) is 13.1 Å². The zero-order valence-corrected chi connectivity index (χ0v) is 24.0. The van der Waals surface area contributed by atoms with Crippen LogP contribution < -0.4 is 5.32 Å². The number of imide groups is 1. The molecule has 0 radical (unpaired) electrons. The average Bonchev–Trinajstić information content (AvgIpc) is 3.41. The topological polar surface area (TPSA) is 122 Å². The number of alkyl carbamates (subject to hydrolysis) is 1. The molecule has 0 saturated carbocycles. The number of carbonyl (C=O) groups excluding carboxylic acids is 4. The highest BCUT2D eigenvalue weighted by molar-refractivity contribution is 7.08. The number of ether oxygens (including phenoxy) is 1. The summed E-state index contributed by atoms with van der Waals surface area (Å²) in [7, 11) is 0. The van der Waals surface area contributed by atoms with Crippen molar-refractivity contribution in [3.05, 3.63) is 33.8 Å². The predicted octanol–water partition coefficient (Wildman–Crippen LogP) is 4.18. The van der Waals surface area contributed by atoms with Gasteiger partial charge in [0, 0.05) is 48.4 Å². The summed E-state index contributed by atoms with van der Waals surface area (Å²) in [6.07, 6.45) is -5.36. The van der Waals surface area contributed by atoms with Gasteiger partial charge in [-0.25, -0.2) is 14.8 Å². The minimum Gasteiger partial charge on any atom is -0.444 e. The number of thiophene rings is 1. The van der Waals surface area contributed by atoms with Gasteiger partial charge in [-0.05, 0) is 45.1 Å². The Hall–Kier alpha value is -3.55. The van der Waals surface area contributed by atoms with Gasteiger partial charge in [-0.15, -0.1) is 0 Å². The summed E-state index contributed by atoms with van der Waals surface area (Å²) in [6.45, 7) is 6.26. The lowest BCUT2D eigenvalue weighted by Gasteiger charge is -2.34. The van der Waals surface area contributed by atoms with E-state index < -0.39 is 47.3 Å². The Labute approximate surface area is 239 Å². The lowest BCUT2D eigenvalue weighted by Crippen LogP contribution is -2.53. The molecule has 0 spiro atoms. The van der Waals surface area contributed by atoms with Crippen LogP contribution in [0.15, 0.2) is 16.8 Å². The Morgan fingerprint density at radius 3 is 2.56 bits per heavy atom. The molecule has 10 nitrogen and oxygen atoms in total. The molecule has 1 unspecified atom stereocenters. The Balaban J connectivity index is 1.56. The minimum atomic E-state index is -4.70. The summed E-state index contributed by atoms with van der Waals surface area (Å²) in [4.78, 5) is 61.8. The SMILES string of the molecule is C[C@H]1CCC(=O)N(CC(CC(=O)N2CCc3c(nc(-c4ccsc4)nc3C(F)(F)F)C2)NC(=O)OC(C)(C)C)C1=O. The van der Waals surface area contributed by atoms with Crippen LogP contribution in [0.3, 0.4) is 0 Å². The van der Waals surface area contributed by atoms with Crippen LogP contribution in [0, 0.1) is 5.92 Å². The predicted molar refractivity (Wildman–Crippen MR) is 142 cm³/mol. The summed E-state index contributed by atoms with van der Waals surface area (Å²) in [5.74, 6) is -1.74. The van der Waals surface area contributed by atoms with Crippen LogP contribution in [-0.2, 0) is 38.3 Å². The first kappa shape index (κ1) is 30.4. The molecule has 2 aliphatic rings. The zero-order valence-electron chi connectivity index (χ0n) is 23.2. The van der Waals surface area contributed by atoms with Crippen molar-refractivity contribution in [3.8, 4) is 11.4 Å². The number of hydrogen-bond acceptors (Lipinski definition) is 8. The van der Waals surface area contributed by atoms with Crippen LogP contribution in [0.25, 0.3) is 11.4 Å². The third kappa shape index (κ3) is 7.40. The van der Waals surface area contributed by atoms with Crippen LogP contribution in [0.5, 0.6) is 0 Å². The van der Waals surface area contributed by atoms with Crippen molar-refractivity contribution < 1.29 is 37.1 Å². The highest BCUT2D eigenvalue weighted by atomic mass is 32.1. The maximum absolute atomic E-state index is 13.9. The van der Waals surface area contributed by atoms with Gasteiger partial charge in [0.05, 0.1) is 18.3 Å². The van der Waals surface area contributed by atoms with E-state index in [-0.39, 0.29) is 61.9 Å². The number of amides is 4. The quantitative estimate of drug-likeness (QED) is 0.498. The molecule has 1 N–H and O–H groups in total. The highest BCUT2D eigenvalue weighted by Gasteiger charge is 2.40. The maximum Gasteiger partial charge on any atom is 0.433 e. The van der Waals surface area contributed by atoms with Crippen molar-refractivity contribution >= 4 is 35.2 Å². The number of nitrogens with zero attached hydrogens (tertiary/aromatic N) is 4. The van der Waals surface area contributed by atoms with Gasteiger partial charge >= 0.3 is 12.3 Å². The lowest BCUT2D eigenvalue weighted by molar-refractivity contribution is -0.152. The van der Waals surface area contributed by atoms with Crippen LogP contribution >= 0.6 is 11.3 Å². The van der Waals surface area contributed by atoms with Gasteiger partial charge in [-0.3, -0.25) is 19.3 Å². The van der Waals surface area contributed by atoms with Gasteiger partial charge in [0.1, 0.15) is 5.60 Å². The van der Waals surface area contributed by atoms with Crippen molar-refractivity contribution in [2.24, 2.45) is 5.92 Å². The fourth-order valence-electron chi connectivity index (χ4n) is 4.77. The summed E-state index contributed by atoms with van der Waals surface area (Å²) in [5, 5.41) is 5.94. The van der Waals surface area contributed by atoms with Gasteiger partial charge in [0.15, 0.2) is 11.5 Å². The van der Waals surface area contributed by atoms with Gasteiger partial charge in [-0.1, -0.05) is 6.92 Å². The number of aromatic nitrogens is 2. The Bertz CT molecular complexity index is 1330. The molecule has 4 rings (SSSR count). The van der Waals surface area contributed by atoms with Crippen molar-refractivity contribution in [2.45, 2.75) is 77.7 Å². The van der Waals surface area contributed by atoms with E-state index in [2.05, 4.69) is 15.3 Å². The van der Waals surface area contributed by atoms with Gasteiger partial charge in [0.25, 0.3) is 0 Å². The van der Waals surface area contributed by atoms with Crippen molar-refractivity contribution in [1.82, 2.24) is 25.1 Å². The molecule has 4 amide bonds. The standard InChI is InChI=1S/C27H32F3N5O5S/c1-15-5-6-20(36)35(24(15)38)12-17(31-25(39)40-26(2,3)4)11-21(37)34-9-7-18-19(13-34)32-23(16-8-10-41-14-16)33-22(18)27(28,29)30/h8,10,14-15,17H,5-7,9,11-13H2,1-4H3,(H,31,39)/t15-,17?/m0/s1. The van der Waals surface area contributed by atoms with E-state index in [0.29, 0.717) is 12.0 Å². The lowest BCUT2D eigenvalue weighted by atomic mass is 9.97. The van der Waals surface area contributed by atoms with E-state index in [1.165, 1.54) is 16.2 Å². The third-order valence-electron chi connectivity index (χ3n) is 6.79. The molecule has 1 saturated heterocycles. The zero-order chi connectivity index (χ0) is 30.1. The monoisotopic (exact) mass is 595 g/mol. The summed E-state index contributed by atoms with van der Waals surface area (Å²) in [6, 6.07) is 0.643. The first-order chi connectivity index (χ1) is 19.1. The normalized spacial score (nSPS) is 18.7. The molecule has 222 valence electrons. The molecule has 41 heavy (non-hydrogen) atoms. The second-order valence-corrected chi connectivity index (χ2v) is 12.0. The number of carbonyl (C=O) groups is 4. The van der Waals surface area contributed by atoms with E-state index in [9.17, 15) is 32.3 Å². The van der Waals surface area contributed by atoms with Crippen LogP contribution in [0.2, 0.25) is 0 Å². The fraction of sp³-hybridized carbons (Fsp3) is 0.556. The van der Waals surface area contributed by atoms with Crippen LogP contribution in [0.1, 0.15) is 63.9 Å². The molecule has 0 aromatic carbocycles. The second-order valence-electron chi connectivity index (χ2n) is 11.2. The minimum absolute atomic E-state index is 0.0200. The average molecular weight is 596 g/mol. The largest absolute Gasteiger partial charge is 0.444 e. The Morgan fingerprint density at radius 2 is 1.93 bits per heavy atom. The first-order valence-electron chi connectivity index (χ1n) is 13.2. The van der Waals surface area contributed by atoms with E-state index in [1.807, 2.05) is 0 Å². The second kappa shape index (κ2) is 11.7. The van der Waals surface area contributed by atoms with Crippen LogP contribution in [0.4, 0.5) is 18.0 Å². The third-order valence-corrected chi connectivity index (χ3v) is 7.47. The molecule has 0 bridgehead atoms. The highest BCUT2D eigenvalue weighted by Crippen LogP contribution is 2.35. The molecule has 2 atom stereocenters. The number of alkyl halides is 3. The fourth-order valence-corrected chi connectivity index (χ4v) is 5.41. The summed E-state index contributed by atoms with van der Waals surface area (Å²) >= 11 is 1.30. The number of rotatable bonds is 6. The first-order valence-corrected chi connectivity index (χ1v) is 14.2. The van der Waals surface area contributed by atoms with E-state index in [0.717, 1.165) is 4.90 Å². The number of halogens is 3. The Kier molecular flexibility index (Phi) is 8.71. The number of fused-ring (bicyclic) bond motifs is 1. The summed E-state index contributed by atoms with van der Waals surface area (Å²) in [5.41, 5.74) is -1.37. The van der Waals surface area contributed by atoms with Gasteiger partial charge < -0.3 is 15.0 Å². The van der Waals surface area contributed by atoms with Crippen molar-refractivity contribution in [3.63, 3.8) is 0 Å². The molecule has 0 aliphatic carbocycles. The van der Waals surface area contributed by atoms with Gasteiger partial charge in [-0.2, -0.15) is 24.5 Å². The number of hydrogen-bond donors (Lipinski definition) is 1. The number of nitrogens with one attached hydrogen (secondary N) is 1. The molecule has 1 fully saturated rings. The number of likely N-dealkylation sites (tertiary alicyclic amines) is 1. The van der Waals surface area contributed by atoms with Gasteiger partial charge in [0.2, 0.25) is 17.7 Å². The molecular formula is C27H32F3N5O5S. The molecule has 14 heteroatoms. The number of piperidine rings is 1. The smallest absolute Gasteiger partial charge is 0.433 e. The van der Waals surface area contributed by atoms with Crippen LogP contribution in [-0.4, -0.2) is 68.3 Å². The molecule has 2 aliphatic heterocycles. The van der Waals surface area contributed by atoms with E-state index in [4.69, 9.17) is 4.74 Å². The van der Waals surface area contributed by atoms with E-state index >= 15 is 0 Å². The van der Waals surface area contributed by atoms with Crippen molar-refractivity contribution in [1.29, 1.82) is 0 Å². The maximum atomic E-state index is 13.9.